The zero-order chi connectivity index (χ0) is 25.1. The fourth-order valence-electron chi connectivity index (χ4n) is 2.70. The number of urea groups is 1. The molecule has 0 spiro atoms. The molecular formula is C22H12ClF6N3O2. The number of rotatable bonds is 4. The number of hydrogen-bond donors (Lipinski definition) is 2. The lowest BCUT2D eigenvalue weighted by atomic mass is 10.1. The Morgan fingerprint density at radius 3 is 1.91 bits per heavy atom. The fourth-order valence-corrected chi connectivity index (χ4v) is 2.85. The molecule has 12 heteroatoms. The lowest BCUT2D eigenvalue weighted by Gasteiger charge is -2.15. The summed E-state index contributed by atoms with van der Waals surface area (Å²) in [5, 5.41) is 4.41. The first-order valence-electron chi connectivity index (χ1n) is 9.17. The number of halogens is 7. The second kappa shape index (κ2) is 9.52. The highest BCUT2D eigenvalue weighted by Gasteiger charge is 2.37. The lowest BCUT2D eigenvalue weighted by molar-refractivity contribution is -0.143. The van der Waals surface area contributed by atoms with Gasteiger partial charge in [0.1, 0.15) is 11.5 Å². The van der Waals surface area contributed by atoms with E-state index in [9.17, 15) is 31.1 Å². The van der Waals surface area contributed by atoms with E-state index in [1.165, 1.54) is 42.5 Å². The molecular weight excluding hydrogens is 488 g/mol. The molecule has 0 saturated heterocycles. The van der Waals surface area contributed by atoms with E-state index in [0.29, 0.717) is 23.6 Å². The fraction of sp³-hybridized carbons (Fsp3) is 0.0909. The number of nitrogens with zero attached hydrogens (tertiary/aromatic N) is 1. The Balaban J connectivity index is 1.78. The molecule has 3 aromatic rings. The molecule has 3 rings (SSSR count). The summed E-state index contributed by atoms with van der Waals surface area (Å²) in [7, 11) is 0. The molecule has 2 amide bonds. The van der Waals surface area contributed by atoms with Gasteiger partial charge in [-0.2, -0.15) is 26.3 Å². The zero-order valence-electron chi connectivity index (χ0n) is 16.7. The highest BCUT2D eigenvalue weighted by atomic mass is 35.5. The van der Waals surface area contributed by atoms with Crippen molar-refractivity contribution in [3.63, 3.8) is 0 Å². The van der Waals surface area contributed by atoms with E-state index >= 15 is 0 Å². The first-order chi connectivity index (χ1) is 15.8. The normalized spacial score (nSPS) is 11.5. The molecule has 0 aliphatic carbocycles. The first-order valence-corrected chi connectivity index (χ1v) is 9.55. The number of alkyl halides is 6. The van der Waals surface area contributed by atoms with E-state index in [0.717, 1.165) is 0 Å². The minimum atomic E-state index is -5.05. The van der Waals surface area contributed by atoms with Crippen LogP contribution in [0.4, 0.5) is 48.2 Å². The maximum atomic E-state index is 13.0. The molecule has 34 heavy (non-hydrogen) atoms. The van der Waals surface area contributed by atoms with Gasteiger partial charge in [0.2, 0.25) is 0 Å². The van der Waals surface area contributed by atoms with Crippen LogP contribution in [-0.4, -0.2) is 6.03 Å². The second-order valence-corrected chi connectivity index (χ2v) is 7.13. The molecule has 0 atom stereocenters. The average molecular weight is 500 g/mol. The van der Waals surface area contributed by atoms with E-state index < -0.39 is 35.2 Å². The highest BCUT2D eigenvalue weighted by molar-refractivity contribution is 6.32. The van der Waals surface area contributed by atoms with Gasteiger partial charge in [0.05, 0.1) is 22.7 Å². The Bertz CT molecular complexity index is 1220. The van der Waals surface area contributed by atoms with Crippen molar-refractivity contribution in [3.8, 4) is 11.5 Å². The Morgan fingerprint density at radius 1 is 0.824 bits per heavy atom. The monoisotopic (exact) mass is 499 g/mol. The molecule has 0 saturated carbocycles. The van der Waals surface area contributed by atoms with Crippen molar-refractivity contribution in [2.75, 3.05) is 10.6 Å². The third-order valence-electron chi connectivity index (χ3n) is 4.23. The van der Waals surface area contributed by atoms with E-state index in [4.69, 9.17) is 22.9 Å². The summed E-state index contributed by atoms with van der Waals surface area (Å²) in [5.41, 5.74) is -3.36. The maximum absolute atomic E-state index is 13.0. The number of amides is 2. The Kier molecular flexibility index (Phi) is 6.93. The summed E-state index contributed by atoms with van der Waals surface area (Å²) in [5.74, 6) is 0.438. The van der Waals surface area contributed by atoms with E-state index in [1.807, 2.05) is 5.32 Å². The summed E-state index contributed by atoms with van der Waals surface area (Å²) in [4.78, 5) is 15.5. The van der Waals surface area contributed by atoms with Crippen LogP contribution in [0, 0.1) is 6.57 Å². The van der Waals surface area contributed by atoms with Crippen LogP contribution in [0.2, 0.25) is 5.02 Å². The zero-order valence-corrected chi connectivity index (χ0v) is 17.4. The summed E-state index contributed by atoms with van der Waals surface area (Å²) in [6.45, 7) is 6.93. The van der Waals surface area contributed by atoms with Crippen molar-refractivity contribution in [1.29, 1.82) is 0 Å². The standard InChI is InChI=1S/C22H12ClF6N3O2/c1-30-14-2-5-17(6-3-14)34-19-11-15(4-7-18(19)23)31-20(33)32-16-9-12(21(24,25)26)8-13(10-16)22(27,28)29/h2-11H,(H2,31,32,33). The maximum Gasteiger partial charge on any atom is 0.416 e. The van der Waals surface area contributed by atoms with Crippen LogP contribution >= 0.6 is 11.6 Å². The molecule has 3 aromatic carbocycles. The van der Waals surface area contributed by atoms with Gasteiger partial charge in [0, 0.05) is 17.4 Å². The molecule has 0 fully saturated rings. The van der Waals surface area contributed by atoms with Gasteiger partial charge >= 0.3 is 18.4 Å². The van der Waals surface area contributed by atoms with E-state index in [1.54, 1.807) is 0 Å². The number of ether oxygens (including phenoxy) is 1. The molecule has 0 bridgehead atoms. The van der Waals surface area contributed by atoms with Crippen LogP contribution in [0.3, 0.4) is 0 Å². The summed E-state index contributed by atoms with van der Waals surface area (Å²) < 4.78 is 83.5. The number of anilines is 2. The van der Waals surface area contributed by atoms with Crippen molar-refractivity contribution in [2.45, 2.75) is 12.4 Å². The number of carbonyl (C=O) groups excluding carboxylic acids is 1. The largest absolute Gasteiger partial charge is 0.456 e. The minimum Gasteiger partial charge on any atom is -0.456 e. The van der Waals surface area contributed by atoms with Gasteiger partial charge < -0.3 is 15.4 Å². The average Bonchev–Trinajstić information content (AvgIpc) is 2.75. The number of nitrogens with one attached hydrogen (secondary N) is 2. The van der Waals surface area contributed by atoms with Crippen molar-refractivity contribution in [3.05, 3.63) is 88.2 Å². The van der Waals surface area contributed by atoms with Gasteiger partial charge in [-0.25, -0.2) is 9.64 Å². The lowest BCUT2D eigenvalue weighted by Crippen LogP contribution is -2.20. The Morgan fingerprint density at radius 2 is 1.38 bits per heavy atom. The van der Waals surface area contributed by atoms with Gasteiger partial charge in [0.25, 0.3) is 0 Å². The summed E-state index contributed by atoms with van der Waals surface area (Å²) in [6.07, 6.45) is -10.1. The van der Waals surface area contributed by atoms with Crippen LogP contribution in [0.5, 0.6) is 11.5 Å². The molecule has 2 N–H and O–H groups in total. The topological polar surface area (TPSA) is 54.7 Å². The Labute approximate surface area is 193 Å². The van der Waals surface area contributed by atoms with Gasteiger partial charge in [-0.1, -0.05) is 23.7 Å². The van der Waals surface area contributed by atoms with Crippen LogP contribution in [0.1, 0.15) is 11.1 Å². The van der Waals surface area contributed by atoms with Crippen LogP contribution in [0.25, 0.3) is 4.85 Å². The third kappa shape index (κ3) is 6.32. The number of benzene rings is 3. The third-order valence-corrected chi connectivity index (χ3v) is 4.54. The quantitative estimate of drug-likeness (QED) is 0.280. The molecule has 0 aliphatic heterocycles. The van der Waals surface area contributed by atoms with Gasteiger partial charge in [-0.3, -0.25) is 0 Å². The molecule has 0 aromatic heterocycles. The van der Waals surface area contributed by atoms with Crippen molar-refractivity contribution < 1.29 is 35.9 Å². The Hall–Kier alpha value is -3.91. The molecule has 176 valence electrons. The van der Waals surface area contributed by atoms with Crippen LogP contribution < -0.4 is 15.4 Å². The number of carbonyl (C=O) groups is 1. The van der Waals surface area contributed by atoms with Crippen molar-refractivity contribution in [2.24, 2.45) is 0 Å². The van der Waals surface area contributed by atoms with Gasteiger partial charge in [-0.15, -0.1) is 0 Å². The summed E-state index contributed by atoms with van der Waals surface area (Å²) in [6, 6.07) is 9.71. The van der Waals surface area contributed by atoms with Gasteiger partial charge in [0.15, 0.2) is 5.69 Å². The number of hydrogen-bond acceptors (Lipinski definition) is 2. The minimum absolute atomic E-state index is 0.0451. The molecule has 0 unspecified atom stereocenters. The van der Waals surface area contributed by atoms with Crippen molar-refractivity contribution >= 4 is 34.7 Å². The second-order valence-electron chi connectivity index (χ2n) is 6.73. The smallest absolute Gasteiger partial charge is 0.416 e. The SMILES string of the molecule is [C-]#[N+]c1ccc(Oc2cc(NC(=O)Nc3cc(C(F)(F)F)cc(C(F)(F)F)c3)ccc2Cl)cc1. The van der Waals surface area contributed by atoms with Crippen molar-refractivity contribution in [1.82, 2.24) is 0 Å². The van der Waals surface area contributed by atoms with E-state index in [-0.39, 0.29) is 22.5 Å². The highest BCUT2D eigenvalue weighted by Crippen LogP contribution is 2.38. The van der Waals surface area contributed by atoms with Gasteiger partial charge in [-0.05, 0) is 42.5 Å². The molecule has 0 aliphatic rings. The first kappa shape index (κ1) is 24.7. The van der Waals surface area contributed by atoms with Crippen LogP contribution in [-0.2, 0) is 12.4 Å². The van der Waals surface area contributed by atoms with E-state index in [2.05, 4.69) is 10.2 Å². The summed E-state index contributed by atoms with van der Waals surface area (Å²) >= 11 is 6.08. The molecule has 0 heterocycles. The predicted octanol–water partition coefficient (Wildman–Crippen LogP) is 8.36. The predicted molar refractivity (Wildman–Crippen MR) is 113 cm³/mol. The molecule has 0 radical (unpaired) electrons. The molecule has 5 nitrogen and oxygen atoms in total. The van der Waals surface area contributed by atoms with Crippen LogP contribution in [0.15, 0.2) is 60.7 Å².